The molecule has 1 N–H and O–H groups in total. The van der Waals surface area contributed by atoms with Gasteiger partial charge in [0.15, 0.2) is 12.2 Å². The Bertz CT molecular complexity index is 1130. The van der Waals surface area contributed by atoms with E-state index in [1.807, 2.05) is 31.2 Å². The van der Waals surface area contributed by atoms with Crippen LogP contribution < -0.4 is 14.8 Å². The molecule has 6 heteroatoms. The number of fused-ring (bicyclic) bond motifs is 1. The number of methoxy groups -OCH3 is 1. The van der Waals surface area contributed by atoms with E-state index in [4.69, 9.17) is 13.9 Å². The second-order valence-corrected chi connectivity index (χ2v) is 6.58. The van der Waals surface area contributed by atoms with Crippen molar-refractivity contribution in [1.29, 1.82) is 0 Å². The predicted octanol–water partition coefficient (Wildman–Crippen LogP) is 4.83. The topological polar surface area (TPSA) is 73.6 Å². The minimum atomic E-state index is -0.262. The van der Waals surface area contributed by atoms with Crippen LogP contribution in [0.5, 0.6) is 11.5 Å². The molecule has 0 bridgehead atoms. The Hall–Kier alpha value is -3.80. The fourth-order valence-electron chi connectivity index (χ4n) is 2.84. The van der Waals surface area contributed by atoms with Crippen molar-refractivity contribution in [2.75, 3.05) is 19.0 Å². The van der Waals surface area contributed by atoms with Crippen LogP contribution in [0, 0.1) is 6.92 Å². The highest BCUT2D eigenvalue weighted by Crippen LogP contribution is 2.26. The van der Waals surface area contributed by atoms with Crippen molar-refractivity contribution in [2.45, 2.75) is 6.92 Å². The molecule has 0 saturated carbocycles. The lowest BCUT2D eigenvalue weighted by Gasteiger charge is -2.08. The summed E-state index contributed by atoms with van der Waals surface area (Å²) >= 11 is 0. The standard InChI is InChI=1S/C23H20N2O4/c1-15-3-5-16(6-4-15)23-25-20-13-17(7-12-21(20)29-23)24-22(26)14-28-19-10-8-18(27-2)9-11-19/h3-13H,14H2,1-2H3,(H,24,26). The Morgan fingerprint density at radius 2 is 1.72 bits per heavy atom. The number of benzene rings is 3. The lowest BCUT2D eigenvalue weighted by Crippen LogP contribution is -2.20. The van der Waals surface area contributed by atoms with Crippen LogP contribution in [0.15, 0.2) is 71.1 Å². The van der Waals surface area contributed by atoms with Crippen LogP contribution in [0.3, 0.4) is 0 Å². The van der Waals surface area contributed by atoms with Crippen LogP contribution in [0.2, 0.25) is 0 Å². The maximum Gasteiger partial charge on any atom is 0.262 e. The smallest absolute Gasteiger partial charge is 0.262 e. The number of carbonyl (C=O) groups excluding carboxylic acids is 1. The summed E-state index contributed by atoms with van der Waals surface area (Å²) in [5, 5.41) is 2.81. The average molecular weight is 388 g/mol. The van der Waals surface area contributed by atoms with Crippen LogP contribution in [-0.2, 0) is 4.79 Å². The van der Waals surface area contributed by atoms with Gasteiger partial charge >= 0.3 is 0 Å². The number of oxazole rings is 1. The Labute approximate surface area is 168 Å². The highest BCUT2D eigenvalue weighted by Gasteiger charge is 2.10. The Morgan fingerprint density at radius 3 is 2.45 bits per heavy atom. The number of amides is 1. The fraction of sp³-hybridized carbons (Fsp3) is 0.130. The molecule has 1 aromatic heterocycles. The van der Waals surface area contributed by atoms with Gasteiger partial charge in [0.25, 0.3) is 5.91 Å². The molecule has 0 aliphatic heterocycles. The van der Waals surface area contributed by atoms with E-state index in [2.05, 4.69) is 10.3 Å². The van der Waals surface area contributed by atoms with E-state index in [1.165, 1.54) is 5.56 Å². The molecule has 0 saturated heterocycles. The molecule has 29 heavy (non-hydrogen) atoms. The molecule has 146 valence electrons. The summed E-state index contributed by atoms with van der Waals surface area (Å²) in [5.41, 5.74) is 4.05. The van der Waals surface area contributed by atoms with Gasteiger partial charge < -0.3 is 19.2 Å². The van der Waals surface area contributed by atoms with E-state index < -0.39 is 0 Å². The van der Waals surface area contributed by atoms with Gasteiger partial charge in [0.1, 0.15) is 17.0 Å². The largest absolute Gasteiger partial charge is 0.497 e. The fourth-order valence-corrected chi connectivity index (χ4v) is 2.84. The van der Waals surface area contributed by atoms with Crippen molar-refractivity contribution in [2.24, 2.45) is 0 Å². The van der Waals surface area contributed by atoms with Crippen molar-refractivity contribution in [3.8, 4) is 23.0 Å². The summed E-state index contributed by atoms with van der Waals surface area (Å²) in [7, 11) is 1.60. The van der Waals surface area contributed by atoms with Crippen LogP contribution in [0.1, 0.15) is 5.56 Å². The minimum absolute atomic E-state index is 0.0994. The van der Waals surface area contributed by atoms with Crippen molar-refractivity contribution >= 4 is 22.7 Å². The van der Waals surface area contributed by atoms with E-state index in [9.17, 15) is 4.79 Å². The SMILES string of the molecule is COc1ccc(OCC(=O)Nc2ccc3oc(-c4ccc(C)cc4)nc3c2)cc1. The van der Waals surface area contributed by atoms with Crippen LogP contribution in [-0.4, -0.2) is 24.6 Å². The highest BCUT2D eigenvalue weighted by atomic mass is 16.5. The van der Waals surface area contributed by atoms with E-state index in [1.54, 1.807) is 49.6 Å². The number of nitrogens with zero attached hydrogens (tertiary/aromatic N) is 1. The third-order valence-corrected chi connectivity index (χ3v) is 4.40. The van der Waals surface area contributed by atoms with Gasteiger partial charge in [0.2, 0.25) is 5.89 Å². The van der Waals surface area contributed by atoms with Crippen molar-refractivity contribution < 1.29 is 18.7 Å². The molecule has 3 aromatic carbocycles. The third kappa shape index (κ3) is 4.38. The molecule has 0 aliphatic carbocycles. The monoisotopic (exact) mass is 388 g/mol. The Balaban J connectivity index is 1.42. The van der Waals surface area contributed by atoms with Gasteiger partial charge in [-0.25, -0.2) is 4.98 Å². The minimum Gasteiger partial charge on any atom is -0.497 e. The number of rotatable bonds is 6. The first-order chi connectivity index (χ1) is 14.1. The van der Waals surface area contributed by atoms with E-state index >= 15 is 0 Å². The number of aromatic nitrogens is 1. The predicted molar refractivity (Wildman–Crippen MR) is 111 cm³/mol. The first kappa shape index (κ1) is 18.6. The van der Waals surface area contributed by atoms with Crippen molar-refractivity contribution in [1.82, 2.24) is 4.98 Å². The molecule has 0 atom stereocenters. The number of hydrogen-bond acceptors (Lipinski definition) is 5. The van der Waals surface area contributed by atoms with Crippen molar-refractivity contribution in [3.05, 3.63) is 72.3 Å². The molecule has 4 aromatic rings. The summed E-state index contributed by atoms with van der Waals surface area (Å²) < 4.78 is 16.4. The van der Waals surface area contributed by atoms with Gasteiger partial charge in [-0.15, -0.1) is 0 Å². The normalized spacial score (nSPS) is 10.7. The molecule has 4 rings (SSSR count). The van der Waals surface area contributed by atoms with Gasteiger partial charge in [-0.2, -0.15) is 0 Å². The Kier molecular flexibility index (Phi) is 5.16. The van der Waals surface area contributed by atoms with Crippen LogP contribution in [0.25, 0.3) is 22.6 Å². The zero-order chi connectivity index (χ0) is 20.2. The first-order valence-corrected chi connectivity index (χ1v) is 9.15. The summed E-state index contributed by atoms with van der Waals surface area (Å²) in [6.45, 7) is 1.93. The molecular weight excluding hydrogens is 368 g/mol. The third-order valence-electron chi connectivity index (χ3n) is 4.40. The lowest BCUT2D eigenvalue weighted by atomic mass is 10.1. The molecule has 6 nitrogen and oxygen atoms in total. The lowest BCUT2D eigenvalue weighted by molar-refractivity contribution is -0.118. The van der Waals surface area contributed by atoms with E-state index in [-0.39, 0.29) is 12.5 Å². The highest BCUT2D eigenvalue weighted by molar-refractivity contribution is 5.94. The molecule has 0 radical (unpaired) electrons. The average Bonchev–Trinajstić information content (AvgIpc) is 3.16. The van der Waals surface area contributed by atoms with Crippen molar-refractivity contribution in [3.63, 3.8) is 0 Å². The summed E-state index contributed by atoms with van der Waals surface area (Å²) in [6.07, 6.45) is 0. The second-order valence-electron chi connectivity index (χ2n) is 6.58. The number of nitrogens with one attached hydrogen (secondary N) is 1. The van der Waals surface area contributed by atoms with E-state index in [0.717, 1.165) is 11.3 Å². The maximum absolute atomic E-state index is 12.2. The molecule has 0 unspecified atom stereocenters. The molecular formula is C23H20N2O4. The molecule has 0 spiro atoms. The first-order valence-electron chi connectivity index (χ1n) is 9.15. The second kappa shape index (κ2) is 8.06. The number of aryl methyl sites for hydroxylation is 1. The number of hydrogen-bond donors (Lipinski definition) is 1. The molecule has 1 heterocycles. The van der Waals surface area contributed by atoms with Gasteiger partial charge in [-0.1, -0.05) is 17.7 Å². The van der Waals surface area contributed by atoms with E-state index in [0.29, 0.717) is 28.4 Å². The number of carbonyl (C=O) groups is 1. The zero-order valence-corrected chi connectivity index (χ0v) is 16.1. The van der Waals surface area contributed by atoms with Crippen LogP contribution >= 0.6 is 0 Å². The summed E-state index contributed by atoms with van der Waals surface area (Å²) in [6, 6.07) is 20.4. The molecule has 1 amide bonds. The quantitative estimate of drug-likeness (QED) is 0.512. The molecule has 0 fully saturated rings. The van der Waals surface area contributed by atoms with Gasteiger partial charge in [0.05, 0.1) is 7.11 Å². The number of anilines is 1. The summed E-state index contributed by atoms with van der Waals surface area (Å²) in [5.74, 6) is 1.61. The number of ether oxygens (including phenoxy) is 2. The van der Waals surface area contributed by atoms with Gasteiger partial charge in [-0.05, 0) is 61.5 Å². The Morgan fingerprint density at radius 1 is 1.00 bits per heavy atom. The summed E-state index contributed by atoms with van der Waals surface area (Å²) in [4.78, 5) is 16.7. The zero-order valence-electron chi connectivity index (χ0n) is 16.1. The van der Waals surface area contributed by atoms with Gasteiger partial charge in [-0.3, -0.25) is 4.79 Å². The maximum atomic E-state index is 12.2. The van der Waals surface area contributed by atoms with Gasteiger partial charge in [0, 0.05) is 11.3 Å². The molecule has 0 aliphatic rings. The van der Waals surface area contributed by atoms with Crippen LogP contribution in [0.4, 0.5) is 5.69 Å².